The van der Waals surface area contributed by atoms with Crippen LogP contribution in [0.15, 0.2) is 24.3 Å². The molecule has 1 aliphatic rings. The molecule has 5 heteroatoms. The molecule has 4 atom stereocenters. The van der Waals surface area contributed by atoms with Crippen molar-refractivity contribution >= 4 is 17.7 Å². The zero-order chi connectivity index (χ0) is 19.9. The quantitative estimate of drug-likeness (QED) is 0.273. The van der Waals surface area contributed by atoms with Gasteiger partial charge in [-0.05, 0) is 56.8 Å². The Labute approximate surface area is 169 Å². The van der Waals surface area contributed by atoms with Gasteiger partial charge in [0.05, 0.1) is 6.61 Å². The molecule has 1 saturated carbocycles. The smallest absolute Gasteiger partial charge is 0.332 e. The molecule has 1 fully saturated rings. The van der Waals surface area contributed by atoms with Crippen LogP contribution >= 0.6 is 11.8 Å². The zero-order valence-electron chi connectivity index (χ0n) is 16.8. The number of aliphatic hydroxyl groups is 2. The van der Waals surface area contributed by atoms with Crippen molar-refractivity contribution in [3.8, 4) is 0 Å². The van der Waals surface area contributed by atoms with Crippen molar-refractivity contribution < 1.29 is 20.1 Å². The van der Waals surface area contributed by atoms with Gasteiger partial charge in [-0.1, -0.05) is 50.5 Å². The number of unbranched alkanes of at least 4 members (excludes halogenated alkanes) is 4. The summed E-state index contributed by atoms with van der Waals surface area (Å²) in [6.07, 6.45) is 18.3. The molecule has 27 heavy (non-hydrogen) atoms. The van der Waals surface area contributed by atoms with Crippen molar-refractivity contribution in [2.24, 2.45) is 11.8 Å². The monoisotopic (exact) mass is 398 g/mol. The van der Waals surface area contributed by atoms with E-state index in [2.05, 4.69) is 25.2 Å². The topological polar surface area (TPSA) is 77.8 Å². The summed E-state index contributed by atoms with van der Waals surface area (Å²) >= 11 is 1.89. The van der Waals surface area contributed by atoms with E-state index in [1.54, 1.807) is 0 Å². The lowest BCUT2D eigenvalue weighted by molar-refractivity contribution is -0.146. The molecule has 0 aromatic heterocycles. The lowest BCUT2D eigenvalue weighted by atomic mass is 9.91. The van der Waals surface area contributed by atoms with Gasteiger partial charge in [-0.2, -0.15) is 11.8 Å². The number of rotatable bonds is 15. The third-order valence-electron chi connectivity index (χ3n) is 5.30. The summed E-state index contributed by atoms with van der Waals surface area (Å²) in [7, 11) is 0. The summed E-state index contributed by atoms with van der Waals surface area (Å²) in [6.45, 7) is 2.48. The van der Waals surface area contributed by atoms with E-state index >= 15 is 0 Å². The van der Waals surface area contributed by atoms with E-state index in [0.29, 0.717) is 23.5 Å². The predicted molar refractivity (Wildman–Crippen MR) is 114 cm³/mol. The molecule has 0 aromatic carbocycles. The van der Waals surface area contributed by atoms with Crippen LogP contribution in [0, 0.1) is 11.8 Å². The molecule has 0 unspecified atom stereocenters. The van der Waals surface area contributed by atoms with Crippen molar-refractivity contribution in [3.63, 3.8) is 0 Å². The van der Waals surface area contributed by atoms with Crippen LogP contribution in [0.5, 0.6) is 0 Å². The average Bonchev–Trinajstić information content (AvgIpc) is 3.04. The molecule has 4 nitrogen and oxygen atoms in total. The minimum Gasteiger partial charge on any atom is -0.479 e. The molecule has 0 spiro atoms. The van der Waals surface area contributed by atoms with E-state index < -0.39 is 12.1 Å². The van der Waals surface area contributed by atoms with Gasteiger partial charge in [0.25, 0.3) is 0 Å². The molecule has 1 rings (SSSR count). The minimum atomic E-state index is -1.26. The number of carboxylic acid groups (broad SMARTS) is 1. The second-order valence-corrected chi connectivity index (χ2v) is 8.81. The Kier molecular flexibility index (Phi) is 13.6. The lowest BCUT2D eigenvalue weighted by Crippen LogP contribution is -2.18. The SMILES string of the molecule is CCCCCCC=C[C@@H]1[C@@H](CC=CCC[C@@H](O)C(=O)O)CC[C@H]1SCCO. The Hall–Kier alpha value is -0.780. The molecule has 0 heterocycles. The van der Waals surface area contributed by atoms with Crippen LogP contribution in [0.2, 0.25) is 0 Å². The van der Waals surface area contributed by atoms with Crippen LogP contribution < -0.4 is 0 Å². The fraction of sp³-hybridized carbons (Fsp3) is 0.773. The van der Waals surface area contributed by atoms with Crippen molar-refractivity contribution in [1.82, 2.24) is 0 Å². The minimum absolute atomic E-state index is 0.241. The number of aliphatic carboxylic acids is 1. The van der Waals surface area contributed by atoms with Gasteiger partial charge in [0, 0.05) is 11.0 Å². The molecule has 0 bridgehead atoms. The van der Waals surface area contributed by atoms with E-state index in [1.165, 1.54) is 38.5 Å². The molecular formula is C22H38O4S. The van der Waals surface area contributed by atoms with Gasteiger partial charge in [-0.15, -0.1) is 0 Å². The normalized spacial score (nSPS) is 24.2. The Morgan fingerprint density at radius 1 is 1.15 bits per heavy atom. The van der Waals surface area contributed by atoms with Gasteiger partial charge in [0.1, 0.15) is 0 Å². The average molecular weight is 399 g/mol. The van der Waals surface area contributed by atoms with Gasteiger partial charge in [-0.3, -0.25) is 0 Å². The van der Waals surface area contributed by atoms with Crippen LogP contribution in [0.1, 0.15) is 71.1 Å². The molecule has 3 N–H and O–H groups in total. The number of hydrogen-bond acceptors (Lipinski definition) is 4. The van der Waals surface area contributed by atoms with Gasteiger partial charge >= 0.3 is 5.97 Å². The molecule has 0 amide bonds. The molecule has 0 aromatic rings. The Morgan fingerprint density at radius 2 is 1.96 bits per heavy atom. The molecule has 0 aliphatic heterocycles. The van der Waals surface area contributed by atoms with Crippen molar-refractivity contribution in [3.05, 3.63) is 24.3 Å². The van der Waals surface area contributed by atoms with Crippen molar-refractivity contribution in [2.45, 2.75) is 82.5 Å². The first-order valence-electron chi connectivity index (χ1n) is 10.5. The second kappa shape index (κ2) is 15.2. The zero-order valence-corrected chi connectivity index (χ0v) is 17.6. The van der Waals surface area contributed by atoms with E-state index in [0.717, 1.165) is 18.6 Å². The third kappa shape index (κ3) is 10.4. The number of hydrogen-bond donors (Lipinski definition) is 3. The van der Waals surface area contributed by atoms with Crippen LogP contribution in [0.4, 0.5) is 0 Å². The highest BCUT2D eigenvalue weighted by atomic mass is 32.2. The van der Waals surface area contributed by atoms with E-state index in [1.807, 2.05) is 17.8 Å². The van der Waals surface area contributed by atoms with E-state index in [-0.39, 0.29) is 13.0 Å². The van der Waals surface area contributed by atoms with E-state index in [9.17, 15) is 9.90 Å². The van der Waals surface area contributed by atoms with Crippen molar-refractivity contribution in [1.29, 1.82) is 0 Å². The van der Waals surface area contributed by atoms with Crippen LogP contribution in [0.3, 0.4) is 0 Å². The number of aliphatic hydroxyl groups excluding tert-OH is 2. The molecule has 1 aliphatic carbocycles. The van der Waals surface area contributed by atoms with E-state index in [4.69, 9.17) is 10.2 Å². The maximum atomic E-state index is 10.6. The first-order valence-corrected chi connectivity index (χ1v) is 11.6. The van der Waals surface area contributed by atoms with Crippen molar-refractivity contribution in [2.75, 3.05) is 12.4 Å². The molecule has 156 valence electrons. The predicted octanol–water partition coefficient (Wildman–Crippen LogP) is 4.81. The summed E-state index contributed by atoms with van der Waals surface area (Å²) in [6, 6.07) is 0. The number of carboxylic acids is 1. The summed E-state index contributed by atoms with van der Waals surface area (Å²) in [5, 5.41) is 27.7. The van der Waals surface area contributed by atoms with Crippen LogP contribution in [-0.4, -0.2) is 45.0 Å². The number of carbonyl (C=O) groups is 1. The lowest BCUT2D eigenvalue weighted by Gasteiger charge is -2.21. The van der Waals surface area contributed by atoms with Crippen LogP contribution in [-0.2, 0) is 4.79 Å². The third-order valence-corrected chi connectivity index (χ3v) is 6.70. The van der Waals surface area contributed by atoms with Gasteiger partial charge in [0.15, 0.2) is 6.10 Å². The Bertz CT molecular complexity index is 450. The fourth-order valence-corrected chi connectivity index (χ4v) is 4.98. The summed E-state index contributed by atoms with van der Waals surface area (Å²) in [5.74, 6) is 0.837. The summed E-state index contributed by atoms with van der Waals surface area (Å²) in [5.41, 5.74) is 0. The molecular weight excluding hydrogens is 360 g/mol. The highest BCUT2D eigenvalue weighted by molar-refractivity contribution is 7.99. The number of thioether (sulfide) groups is 1. The highest BCUT2D eigenvalue weighted by Gasteiger charge is 2.33. The summed E-state index contributed by atoms with van der Waals surface area (Å²) < 4.78 is 0. The molecule has 0 radical (unpaired) electrons. The van der Waals surface area contributed by atoms with Gasteiger partial charge in [-0.25, -0.2) is 4.79 Å². The Morgan fingerprint density at radius 3 is 2.67 bits per heavy atom. The number of allylic oxidation sites excluding steroid dienone is 4. The highest BCUT2D eigenvalue weighted by Crippen LogP contribution is 2.42. The first-order chi connectivity index (χ1) is 13.1. The standard InChI is InChI=1S/C22H38O4S/c1-2-3-4-5-6-9-12-19-18(14-15-21(19)27-17-16-23)11-8-7-10-13-20(24)22(25)26/h7-9,12,18-21,23-24H,2-6,10-11,13-17H2,1H3,(H,25,26)/t18-,19+,20+,21+/m0/s1. The molecule has 0 saturated heterocycles. The largest absolute Gasteiger partial charge is 0.479 e. The maximum absolute atomic E-state index is 10.6. The van der Waals surface area contributed by atoms with Crippen LogP contribution in [0.25, 0.3) is 0 Å². The fourth-order valence-electron chi connectivity index (χ4n) is 3.73. The maximum Gasteiger partial charge on any atom is 0.332 e. The van der Waals surface area contributed by atoms with Gasteiger partial charge in [0.2, 0.25) is 0 Å². The van der Waals surface area contributed by atoms with Gasteiger partial charge < -0.3 is 15.3 Å². The Balaban J connectivity index is 2.46. The summed E-state index contributed by atoms with van der Waals surface area (Å²) in [4.78, 5) is 10.6. The first kappa shape index (κ1) is 24.3. The second-order valence-electron chi connectivity index (χ2n) is 7.46.